The molecule has 1 aliphatic heterocycles. The zero-order chi connectivity index (χ0) is 13.1. The molecule has 1 heterocycles. The van der Waals surface area contributed by atoms with Crippen LogP contribution >= 0.6 is 0 Å². The normalized spacial score (nSPS) is 18.8. The summed E-state index contributed by atoms with van der Waals surface area (Å²) < 4.78 is 5.30. The van der Waals surface area contributed by atoms with Crippen LogP contribution in [0.15, 0.2) is 0 Å². The maximum Gasteiger partial charge on any atom is 0.410 e. The Kier molecular flexibility index (Phi) is 4.80. The second-order valence-electron chi connectivity index (χ2n) is 5.94. The van der Waals surface area contributed by atoms with E-state index in [9.17, 15) is 4.79 Å². The summed E-state index contributed by atoms with van der Waals surface area (Å²) in [6.45, 7) is 11.6. The predicted octanol–water partition coefficient (Wildman–Crippen LogP) is 2.38. The lowest BCUT2D eigenvalue weighted by molar-refractivity contribution is 0.00425. The van der Waals surface area contributed by atoms with Crippen LogP contribution < -0.4 is 5.32 Å². The number of carbonyl (C=O) groups excluding carboxylic acids is 1. The van der Waals surface area contributed by atoms with Gasteiger partial charge in [0.15, 0.2) is 0 Å². The Morgan fingerprint density at radius 2 is 2.06 bits per heavy atom. The molecule has 4 heteroatoms. The number of likely N-dealkylation sites (tertiary alicyclic amines) is 1. The summed E-state index contributed by atoms with van der Waals surface area (Å²) in [5.74, 6) is 0. The van der Waals surface area contributed by atoms with Crippen LogP contribution in [0.2, 0.25) is 0 Å². The first-order valence-corrected chi connectivity index (χ1v) is 6.55. The van der Waals surface area contributed by atoms with Crippen molar-refractivity contribution in [1.82, 2.24) is 10.2 Å². The van der Waals surface area contributed by atoms with Crippen LogP contribution in [0.5, 0.6) is 0 Å². The molecule has 100 valence electrons. The van der Waals surface area contributed by atoms with E-state index in [-0.39, 0.29) is 6.09 Å². The first-order valence-electron chi connectivity index (χ1n) is 6.55. The number of rotatable bonds is 4. The lowest BCUT2D eigenvalue weighted by Gasteiger charge is -2.41. The molecule has 1 amide bonds. The average Bonchev–Trinajstić information content (AvgIpc) is 2.07. The van der Waals surface area contributed by atoms with Gasteiger partial charge >= 0.3 is 6.09 Å². The predicted molar refractivity (Wildman–Crippen MR) is 69.1 cm³/mol. The Balaban J connectivity index is 2.20. The zero-order valence-electron chi connectivity index (χ0n) is 11.7. The molecule has 0 bridgehead atoms. The van der Waals surface area contributed by atoms with Crippen LogP contribution in [0.3, 0.4) is 0 Å². The third-order valence-electron chi connectivity index (χ3n) is 2.78. The van der Waals surface area contributed by atoms with Gasteiger partial charge < -0.3 is 15.0 Å². The number of amides is 1. The van der Waals surface area contributed by atoms with Gasteiger partial charge in [0.25, 0.3) is 0 Å². The molecular formula is C13H26N2O2. The van der Waals surface area contributed by atoms with Gasteiger partial charge in [0.2, 0.25) is 0 Å². The van der Waals surface area contributed by atoms with Crippen molar-refractivity contribution >= 4 is 6.09 Å². The Morgan fingerprint density at radius 3 is 2.53 bits per heavy atom. The van der Waals surface area contributed by atoms with Crippen molar-refractivity contribution in [2.24, 2.45) is 0 Å². The average molecular weight is 242 g/mol. The van der Waals surface area contributed by atoms with Crippen molar-refractivity contribution < 1.29 is 9.53 Å². The molecule has 1 atom stereocenters. The quantitative estimate of drug-likeness (QED) is 0.823. The highest BCUT2D eigenvalue weighted by Crippen LogP contribution is 2.15. The minimum atomic E-state index is -0.398. The van der Waals surface area contributed by atoms with Crippen LogP contribution in [-0.2, 0) is 4.74 Å². The molecule has 0 aromatic heterocycles. The fourth-order valence-corrected chi connectivity index (χ4v) is 1.98. The van der Waals surface area contributed by atoms with E-state index >= 15 is 0 Å². The molecule has 1 saturated heterocycles. The molecular weight excluding hydrogens is 216 g/mol. The molecule has 1 N–H and O–H groups in total. The van der Waals surface area contributed by atoms with Crippen molar-refractivity contribution in [1.29, 1.82) is 0 Å². The molecule has 0 spiro atoms. The number of ether oxygens (including phenoxy) is 1. The summed E-state index contributed by atoms with van der Waals surface area (Å²) in [6, 6.07) is 0.967. The van der Waals surface area contributed by atoms with Crippen LogP contribution in [-0.4, -0.2) is 41.8 Å². The second kappa shape index (κ2) is 5.71. The molecule has 0 radical (unpaired) electrons. The maximum absolute atomic E-state index is 11.7. The summed E-state index contributed by atoms with van der Waals surface area (Å²) >= 11 is 0. The third-order valence-corrected chi connectivity index (χ3v) is 2.78. The van der Waals surface area contributed by atoms with Crippen molar-refractivity contribution in [3.63, 3.8) is 0 Å². The Bertz CT molecular complexity index is 255. The van der Waals surface area contributed by atoms with E-state index in [1.54, 1.807) is 4.90 Å². The number of nitrogens with zero attached hydrogens (tertiary/aromatic N) is 1. The van der Waals surface area contributed by atoms with Gasteiger partial charge in [-0.1, -0.05) is 13.3 Å². The number of carbonyl (C=O) groups is 1. The van der Waals surface area contributed by atoms with Gasteiger partial charge in [0, 0.05) is 25.2 Å². The van der Waals surface area contributed by atoms with Gasteiger partial charge in [0.1, 0.15) is 5.60 Å². The van der Waals surface area contributed by atoms with Gasteiger partial charge in [0.05, 0.1) is 0 Å². The standard InChI is InChI=1S/C13H26N2O2/c1-6-7-10(2)14-11-8-15(9-11)12(16)17-13(3,4)5/h10-11,14H,6-9H2,1-5H3. The molecule has 1 rings (SSSR count). The number of hydrogen-bond acceptors (Lipinski definition) is 3. The van der Waals surface area contributed by atoms with Gasteiger partial charge in [-0.05, 0) is 34.1 Å². The first-order chi connectivity index (χ1) is 7.81. The number of hydrogen-bond donors (Lipinski definition) is 1. The van der Waals surface area contributed by atoms with Gasteiger partial charge in [-0.25, -0.2) is 4.79 Å². The summed E-state index contributed by atoms with van der Waals surface area (Å²) in [5.41, 5.74) is -0.398. The minimum absolute atomic E-state index is 0.196. The lowest BCUT2D eigenvalue weighted by atomic mass is 10.1. The van der Waals surface area contributed by atoms with E-state index in [2.05, 4.69) is 19.2 Å². The molecule has 17 heavy (non-hydrogen) atoms. The SMILES string of the molecule is CCCC(C)NC1CN(C(=O)OC(C)(C)C)C1. The minimum Gasteiger partial charge on any atom is -0.444 e. The van der Waals surface area contributed by atoms with Crippen molar-refractivity contribution in [3.05, 3.63) is 0 Å². The van der Waals surface area contributed by atoms with E-state index in [1.165, 1.54) is 12.8 Å². The molecule has 0 aromatic rings. The summed E-state index contributed by atoms with van der Waals surface area (Å²) in [7, 11) is 0. The summed E-state index contributed by atoms with van der Waals surface area (Å²) in [6.07, 6.45) is 2.18. The molecule has 4 nitrogen and oxygen atoms in total. The molecule has 1 aliphatic rings. The van der Waals surface area contributed by atoms with Crippen LogP contribution in [0, 0.1) is 0 Å². The van der Waals surface area contributed by atoms with Gasteiger partial charge in [-0.3, -0.25) is 0 Å². The second-order valence-corrected chi connectivity index (χ2v) is 5.94. The molecule has 0 saturated carbocycles. The van der Waals surface area contributed by atoms with E-state index in [4.69, 9.17) is 4.74 Å². The maximum atomic E-state index is 11.7. The van der Waals surface area contributed by atoms with Crippen LogP contribution in [0.1, 0.15) is 47.5 Å². The highest BCUT2D eigenvalue weighted by atomic mass is 16.6. The third kappa shape index (κ3) is 4.94. The Labute approximate surface area is 105 Å². The van der Waals surface area contributed by atoms with Gasteiger partial charge in [-0.15, -0.1) is 0 Å². The fourth-order valence-electron chi connectivity index (χ4n) is 1.98. The topological polar surface area (TPSA) is 41.6 Å². The van der Waals surface area contributed by atoms with Crippen LogP contribution in [0.25, 0.3) is 0 Å². The largest absolute Gasteiger partial charge is 0.444 e. The molecule has 0 aromatic carbocycles. The fraction of sp³-hybridized carbons (Fsp3) is 0.923. The highest BCUT2D eigenvalue weighted by molar-refractivity contribution is 5.69. The highest BCUT2D eigenvalue weighted by Gasteiger charge is 2.33. The number of nitrogens with one attached hydrogen (secondary N) is 1. The van der Waals surface area contributed by atoms with Crippen LogP contribution in [0.4, 0.5) is 4.79 Å². The van der Waals surface area contributed by atoms with Crippen molar-refractivity contribution in [3.8, 4) is 0 Å². The van der Waals surface area contributed by atoms with E-state index in [0.29, 0.717) is 12.1 Å². The smallest absolute Gasteiger partial charge is 0.410 e. The Morgan fingerprint density at radius 1 is 1.47 bits per heavy atom. The first kappa shape index (κ1) is 14.3. The lowest BCUT2D eigenvalue weighted by Crippen LogP contribution is -2.61. The van der Waals surface area contributed by atoms with Crippen molar-refractivity contribution in [2.75, 3.05) is 13.1 Å². The van der Waals surface area contributed by atoms with E-state index < -0.39 is 5.60 Å². The summed E-state index contributed by atoms with van der Waals surface area (Å²) in [4.78, 5) is 13.4. The van der Waals surface area contributed by atoms with Gasteiger partial charge in [-0.2, -0.15) is 0 Å². The van der Waals surface area contributed by atoms with E-state index in [1.807, 2.05) is 20.8 Å². The Hall–Kier alpha value is -0.770. The monoisotopic (exact) mass is 242 g/mol. The molecule has 1 unspecified atom stereocenters. The zero-order valence-corrected chi connectivity index (χ0v) is 11.7. The van der Waals surface area contributed by atoms with E-state index in [0.717, 1.165) is 13.1 Å². The molecule has 1 fully saturated rings. The van der Waals surface area contributed by atoms with Crippen molar-refractivity contribution in [2.45, 2.75) is 65.1 Å². The summed E-state index contributed by atoms with van der Waals surface area (Å²) in [5, 5.41) is 3.52. The molecule has 0 aliphatic carbocycles.